The van der Waals surface area contributed by atoms with Gasteiger partial charge < -0.3 is 14.8 Å². The fourth-order valence-corrected chi connectivity index (χ4v) is 4.03. The van der Waals surface area contributed by atoms with Crippen LogP contribution in [-0.2, 0) is 14.3 Å². The molecule has 28 heavy (non-hydrogen) atoms. The molecule has 0 spiro atoms. The molecule has 0 radical (unpaired) electrons. The fourth-order valence-electron chi connectivity index (χ4n) is 2.24. The third-order valence-electron chi connectivity index (χ3n) is 3.42. The molecule has 0 saturated heterocycles. The van der Waals surface area contributed by atoms with Crippen LogP contribution in [-0.4, -0.2) is 41.0 Å². The standard InChI is InChI=1S/C18H15N3O5S2/c1-2-25-18(24)15-11(13-4-3-7-27-13)10-28-16(15)21-14(22)9-26-17(23)12-8-19-5-6-20-12/h3-8,10H,2,9H2,1H3,(H,21,22). The van der Waals surface area contributed by atoms with Gasteiger partial charge in [-0.1, -0.05) is 6.07 Å². The molecule has 0 aliphatic rings. The molecule has 0 bridgehead atoms. The fraction of sp³-hybridized carbons (Fsp3) is 0.167. The highest BCUT2D eigenvalue weighted by atomic mass is 32.1. The van der Waals surface area contributed by atoms with Gasteiger partial charge in [-0.25, -0.2) is 14.6 Å². The van der Waals surface area contributed by atoms with Gasteiger partial charge in [0, 0.05) is 28.2 Å². The van der Waals surface area contributed by atoms with Crippen molar-refractivity contribution in [3.63, 3.8) is 0 Å². The predicted molar refractivity (Wildman–Crippen MR) is 105 cm³/mol. The van der Waals surface area contributed by atoms with Crippen molar-refractivity contribution in [3.05, 3.63) is 52.7 Å². The first kappa shape index (κ1) is 19.6. The number of amides is 1. The molecule has 0 aliphatic heterocycles. The summed E-state index contributed by atoms with van der Waals surface area (Å²) in [5.74, 6) is -1.87. The number of esters is 2. The van der Waals surface area contributed by atoms with Gasteiger partial charge in [-0.2, -0.15) is 0 Å². The molecule has 3 aromatic heterocycles. The third kappa shape index (κ3) is 4.59. The molecule has 3 heterocycles. The van der Waals surface area contributed by atoms with E-state index in [1.165, 1.54) is 41.3 Å². The van der Waals surface area contributed by atoms with E-state index in [9.17, 15) is 14.4 Å². The highest BCUT2D eigenvalue weighted by Crippen LogP contribution is 2.38. The van der Waals surface area contributed by atoms with Crippen molar-refractivity contribution in [3.8, 4) is 10.4 Å². The second-order valence-electron chi connectivity index (χ2n) is 5.27. The minimum atomic E-state index is -0.765. The van der Waals surface area contributed by atoms with E-state index in [1.54, 1.807) is 12.3 Å². The lowest BCUT2D eigenvalue weighted by molar-refractivity contribution is -0.119. The largest absolute Gasteiger partial charge is 0.462 e. The van der Waals surface area contributed by atoms with E-state index in [4.69, 9.17) is 9.47 Å². The van der Waals surface area contributed by atoms with Crippen molar-refractivity contribution in [1.29, 1.82) is 0 Å². The first-order valence-corrected chi connectivity index (χ1v) is 9.91. The molecule has 144 valence electrons. The Morgan fingerprint density at radius 3 is 2.68 bits per heavy atom. The summed E-state index contributed by atoms with van der Waals surface area (Å²) in [6, 6.07) is 3.75. The summed E-state index contributed by atoms with van der Waals surface area (Å²) in [6.45, 7) is 1.39. The lowest BCUT2D eigenvalue weighted by Crippen LogP contribution is -2.22. The Balaban J connectivity index is 1.72. The number of hydrogen-bond acceptors (Lipinski definition) is 9. The number of rotatable bonds is 7. The van der Waals surface area contributed by atoms with Gasteiger partial charge in [-0.15, -0.1) is 22.7 Å². The van der Waals surface area contributed by atoms with E-state index in [0.29, 0.717) is 10.6 Å². The summed E-state index contributed by atoms with van der Waals surface area (Å²) >= 11 is 2.67. The zero-order valence-corrected chi connectivity index (χ0v) is 16.3. The van der Waals surface area contributed by atoms with Crippen LogP contribution >= 0.6 is 22.7 Å². The van der Waals surface area contributed by atoms with E-state index < -0.39 is 24.5 Å². The molecule has 0 aromatic carbocycles. The molecule has 3 aromatic rings. The van der Waals surface area contributed by atoms with Gasteiger partial charge in [-0.05, 0) is 18.4 Å². The van der Waals surface area contributed by atoms with Gasteiger partial charge in [0.25, 0.3) is 5.91 Å². The highest BCUT2D eigenvalue weighted by Gasteiger charge is 2.23. The number of carbonyl (C=O) groups is 3. The second kappa shape index (κ2) is 9.20. The molecular formula is C18H15N3O5S2. The zero-order valence-electron chi connectivity index (χ0n) is 14.7. The minimum absolute atomic E-state index is 0.00128. The maximum absolute atomic E-state index is 12.4. The minimum Gasteiger partial charge on any atom is -0.462 e. The first-order chi connectivity index (χ1) is 13.6. The summed E-state index contributed by atoms with van der Waals surface area (Å²) in [6.07, 6.45) is 4.01. The van der Waals surface area contributed by atoms with Crippen molar-refractivity contribution in [1.82, 2.24) is 9.97 Å². The number of aromatic nitrogens is 2. The van der Waals surface area contributed by atoms with Crippen LogP contribution in [0.3, 0.4) is 0 Å². The molecule has 8 nitrogen and oxygen atoms in total. The molecule has 3 rings (SSSR count). The summed E-state index contributed by atoms with van der Waals surface area (Å²) in [4.78, 5) is 44.9. The normalized spacial score (nSPS) is 10.3. The smallest absolute Gasteiger partial charge is 0.359 e. The quantitative estimate of drug-likeness (QED) is 0.588. The average molecular weight is 417 g/mol. The monoisotopic (exact) mass is 417 g/mol. The van der Waals surface area contributed by atoms with Gasteiger partial charge in [0.05, 0.1) is 12.8 Å². The van der Waals surface area contributed by atoms with Gasteiger partial charge in [-0.3, -0.25) is 9.78 Å². The summed E-state index contributed by atoms with van der Waals surface area (Å²) in [7, 11) is 0. The lowest BCUT2D eigenvalue weighted by atomic mass is 10.1. The Kier molecular flexibility index (Phi) is 6.45. The van der Waals surface area contributed by atoms with Gasteiger partial charge in [0.15, 0.2) is 12.3 Å². The van der Waals surface area contributed by atoms with Crippen LogP contribution < -0.4 is 5.32 Å². The maximum Gasteiger partial charge on any atom is 0.359 e. The van der Waals surface area contributed by atoms with Crippen LogP contribution in [0.15, 0.2) is 41.5 Å². The van der Waals surface area contributed by atoms with Crippen LogP contribution in [0, 0.1) is 0 Å². The third-order valence-corrected chi connectivity index (χ3v) is 5.22. The summed E-state index contributed by atoms with van der Waals surface area (Å²) in [5, 5.41) is 6.62. The molecule has 0 saturated carbocycles. The molecule has 1 amide bonds. The van der Waals surface area contributed by atoms with Crippen LogP contribution in [0.25, 0.3) is 10.4 Å². The van der Waals surface area contributed by atoms with Crippen molar-refractivity contribution in [2.24, 2.45) is 0 Å². The number of nitrogens with one attached hydrogen (secondary N) is 1. The Bertz CT molecular complexity index is 971. The Hall–Kier alpha value is -3.11. The second-order valence-corrected chi connectivity index (χ2v) is 7.09. The SMILES string of the molecule is CCOC(=O)c1c(-c2cccs2)csc1NC(=O)COC(=O)c1cnccn1. The summed E-state index contributed by atoms with van der Waals surface area (Å²) in [5.41, 5.74) is 0.965. The van der Waals surface area contributed by atoms with Crippen molar-refractivity contribution >= 4 is 45.5 Å². The topological polar surface area (TPSA) is 107 Å². The predicted octanol–water partition coefficient (Wildman–Crippen LogP) is 3.24. The van der Waals surface area contributed by atoms with Crippen LogP contribution in [0.2, 0.25) is 0 Å². The van der Waals surface area contributed by atoms with Gasteiger partial charge >= 0.3 is 11.9 Å². The van der Waals surface area contributed by atoms with E-state index in [-0.39, 0.29) is 17.9 Å². The molecule has 0 fully saturated rings. The Morgan fingerprint density at radius 1 is 1.14 bits per heavy atom. The molecule has 0 aliphatic carbocycles. The highest BCUT2D eigenvalue weighted by molar-refractivity contribution is 7.17. The number of carbonyl (C=O) groups excluding carboxylic acids is 3. The van der Waals surface area contributed by atoms with Gasteiger partial charge in [0.1, 0.15) is 10.6 Å². The number of thiophene rings is 2. The maximum atomic E-state index is 12.4. The van der Waals surface area contributed by atoms with Crippen LogP contribution in [0.4, 0.5) is 5.00 Å². The molecular weight excluding hydrogens is 402 g/mol. The zero-order chi connectivity index (χ0) is 19.9. The van der Waals surface area contributed by atoms with Crippen molar-refractivity contribution in [2.45, 2.75) is 6.92 Å². The van der Waals surface area contributed by atoms with E-state index >= 15 is 0 Å². The van der Waals surface area contributed by atoms with Gasteiger partial charge in [0.2, 0.25) is 0 Å². The Morgan fingerprint density at radius 2 is 2.00 bits per heavy atom. The number of ether oxygens (including phenoxy) is 2. The summed E-state index contributed by atoms with van der Waals surface area (Å²) < 4.78 is 10.0. The molecule has 10 heteroatoms. The number of anilines is 1. The van der Waals surface area contributed by atoms with E-state index in [2.05, 4.69) is 15.3 Å². The van der Waals surface area contributed by atoms with E-state index in [1.807, 2.05) is 17.5 Å². The Labute approximate surface area is 168 Å². The number of nitrogens with zero attached hydrogens (tertiary/aromatic N) is 2. The van der Waals surface area contributed by atoms with Crippen LogP contribution in [0.1, 0.15) is 27.8 Å². The van der Waals surface area contributed by atoms with E-state index in [0.717, 1.165) is 4.88 Å². The molecule has 0 atom stereocenters. The lowest BCUT2D eigenvalue weighted by Gasteiger charge is -2.08. The molecule has 0 unspecified atom stereocenters. The average Bonchev–Trinajstić information content (AvgIpc) is 3.36. The number of hydrogen-bond donors (Lipinski definition) is 1. The van der Waals surface area contributed by atoms with Crippen molar-refractivity contribution < 1.29 is 23.9 Å². The van der Waals surface area contributed by atoms with Crippen molar-refractivity contribution in [2.75, 3.05) is 18.5 Å². The molecule has 1 N–H and O–H groups in total. The van der Waals surface area contributed by atoms with Crippen LogP contribution in [0.5, 0.6) is 0 Å². The first-order valence-electron chi connectivity index (χ1n) is 8.15.